The molecule has 0 bridgehead atoms. The standard InChI is InChI=1S/C17H29N2O7P/c1-10(2)15(21)25-13(5)26-16(22)18-11(3)17(23,27-24)14-6-8-19(9-7-14)12(4)20/h10-11,13-14,23H,6-9H2,1-5H3,(H,18,22)/p+1. The number of likely N-dealkylation sites (tertiary alicyclic amines) is 1. The summed E-state index contributed by atoms with van der Waals surface area (Å²) in [4.78, 5) is 36.6. The van der Waals surface area contributed by atoms with Gasteiger partial charge in [0.15, 0.2) is 0 Å². The second kappa shape index (κ2) is 9.99. The molecule has 1 fully saturated rings. The monoisotopic (exact) mass is 405 g/mol. The van der Waals surface area contributed by atoms with Crippen LogP contribution in [0, 0.1) is 11.8 Å². The van der Waals surface area contributed by atoms with Crippen LogP contribution in [-0.2, 0) is 23.6 Å². The van der Waals surface area contributed by atoms with Gasteiger partial charge in [-0.25, -0.2) is 4.79 Å². The number of alkyl carbamates (subject to hydrolysis) is 1. The van der Waals surface area contributed by atoms with Crippen molar-refractivity contribution in [2.75, 3.05) is 13.1 Å². The van der Waals surface area contributed by atoms with Crippen molar-refractivity contribution in [3.8, 4) is 0 Å². The number of carbonyl (C=O) groups is 3. The summed E-state index contributed by atoms with van der Waals surface area (Å²) in [6.45, 7) is 8.67. The number of hydrogen-bond donors (Lipinski definition) is 2. The number of carbonyl (C=O) groups excluding carboxylic acids is 3. The Labute approximate surface area is 161 Å². The number of nitrogens with one attached hydrogen (secondary N) is 1. The molecule has 1 aliphatic rings. The third kappa shape index (κ3) is 6.43. The van der Waals surface area contributed by atoms with E-state index < -0.39 is 38.2 Å². The first-order valence-corrected chi connectivity index (χ1v) is 9.96. The Morgan fingerprint density at radius 1 is 1.15 bits per heavy atom. The molecule has 0 aromatic rings. The van der Waals surface area contributed by atoms with E-state index in [4.69, 9.17) is 9.47 Å². The lowest BCUT2D eigenvalue weighted by molar-refractivity contribution is -0.168. The number of rotatable bonds is 7. The molecule has 0 aromatic heterocycles. The van der Waals surface area contributed by atoms with Gasteiger partial charge >= 0.3 is 20.5 Å². The highest BCUT2D eigenvalue weighted by Crippen LogP contribution is 2.38. The number of amides is 2. The van der Waals surface area contributed by atoms with Crippen molar-refractivity contribution >= 4 is 26.4 Å². The molecule has 0 radical (unpaired) electrons. The zero-order valence-electron chi connectivity index (χ0n) is 16.5. The van der Waals surface area contributed by atoms with Crippen LogP contribution in [0.25, 0.3) is 0 Å². The highest BCUT2D eigenvalue weighted by molar-refractivity contribution is 7.25. The molecule has 1 saturated heterocycles. The van der Waals surface area contributed by atoms with Gasteiger partial charge in [-0.2, -0.15) is 0 Å². The number of piperidine rings is 1. The summed E-state index contributed by atoms with van der Waals surface area (Å²) in [5, 5.41) is 11.7. The molecule has 0 spiro atoms. The molecule has 1 rings (SSSR count). The summed E-state index contributed by atoms with van der Waals surface area (Å²) >= 11 is 0. The van der Waals surface area contributed by atoms with Crippen LogP contribution in [0.2, 0.25) is 0 Å². The number of esters is 1. The van der Waals surface area contributed by atoms with Crippen LogP contribution < -0.4 is 5.32 Å². The normalized spacial score (nSPS) is 19.9. The van der Waals surface area contributed by atoms with E-state index in [1.54, 1.807) is 18.7 Å². The fourth-order valence-corrected chi connectivity index (χ4v) is 3.66. The maximum atomic E-state index is 12.0. The van der Waals surface area contributed by atoms with Crippen molar-refractivity contribution in [2.45, 2.75) is 65.1 Å². The second-order valence-electron chi connectivity index (χ2n) is 7.14. The van der Waals surface area contributed by atoms with Gasteiger partial charge in [-0.15, -0.1) is 0 Å². The highest BCUT2D eigenvalue weighted by Gasteiger charge is 2.51. The molecule has 1 aliphatic heterocycles. The second-order valence-corrected chi connectivity index (χ2v) is 8.14. The first-order chi connectivity index (χ1) is 12.5. The highest BCUT2D eigenvalue weighted by atomic mass is 31.1. The molecule has 0 aliphatic carbocycles. The summed E-state index contributed by atoms with van der Waals surface area (Å²) in [5.41, 5.74) is 0. The smallest absolute Gasteiger partial charge is 0.410 e. The predicted molar refractivity (Wildman–Crippen MR) is 98.4 cm³/mol. The molecule has 9 nitrogen and oxygen atoms in total. The first kappa shape index (κ1) is 23.3. The van der Waals surface area contributed by atoms with Gasteiger partial charge in [-0.1, -0.05) is 18.4 Å². The molecule has 4 atom stereocenters. The zero-order chi connectivity index (χ0) is 20.8. The number of aliphatic hydroxyl groups is 1. The summed E-state index contributed by atoms with van der Waals surface area (Å²) < 4.78 is 21.7. The largest absolute Gasteiger partial charge is 0.425 e. The Hall–Kier alpha value is -1.73. The van der Waals surface area contributed by atoms with E-state index in [1.165, 1.54) is 20.8 Å². The van der Waals surface area contributed by atoms with E-state index in [0.717, 1.165) is 0 Å². The van der Waals surface area contributed by atoms with E-state index in [2.05, 4.69) is 5.32 Å². The minimum absolute atomic E-state index is 0.0405. The Morgan fingerprint density at radius 3 is 2.15 bits per heavy atom. The van der Waals surface area contributed by atoms with E-state index in [-0.39, 0.29) is 17.7 Å². The molecule has 0 aromatic carbocycles. The van der Waals surface area contributed by atoms with Gasteiger partial charge in [0.1, 0.15) is 6.04 Å². The zero-order valence-corrected chi connectivity index (χ0v) is 17.5. The third-order valence-electron chi connectivity index (χ3n) is 4.75. The Bertz CT molecular complexity index is 563. The van der Waals surface area contributed by atoms with Crippen LogP contribution in [0.3, 0.4) is 0 Å². The first-order valence-electron chi connectivity index (χ1n) is 9.06. The maximum absolute atomic E-state index is 12.0. The molecule has 10 heteroatoms. The van der Waals surface area contributed by atoms with Crippen molar-refractivity contribution in [2.24, 2.45) is 11.8 Å². The number of ether oxygens (including phenoxy) is 2. The average molecular weight is 405 g/mol. The fourth-order valence-electron chi connectivity index (χ4n) is 2.96. The molecule has 4 unspecified atom stereocenters. The summed E-state index contributed by atoms with van der Waals surface area (Å²) in [5.74, 6) is -1.24. The third-order valence-corrected chi connectivity index (χ3v) is 5.92. The number of nitrogens with zero attached hydrogens (tertiary/aromatic N) is 1. The maximum Gasteiger partial charge on any atom is 0.410 e. The Morgan fingerprint density at radius 2 is 1.70 bits per heavy atom. The van der Waals surface area contributed by atoms with E-state index in [0.29, 0.717) is 25.9 Å². The van der Waals surface area contributed by atoms with E-state index >= 15 is 0 Å². The summed E-state index contributed by atoms with van der Waals surface area (Å²) in [6, 6.07) is -0.859. The minimum Gasteiger partial charge on any atom is -0.425 e. The van der Waals surface area contributed by atoms with Crippen LogP contribution in [0.15, 0.2) is 0 Å². The van der Waals surface area contributed by atoms with Gasteiger partial charge in [-0.3, -0.25) is 9.59 Å². The van der Waals surface area contributed by atoms with Crippen molar-refractivity contribution in [3.63, 3.8) is 0 Å². The van der Waals surface area contributed by atoms with Gasteiger partial charge in [0.05, 0.1) is 5.92 Å². The van der Waals surface area contributed by atoms with Crippen LogP contribution in [-0.4, -0.2) is 58.7 Å². The van der Waals surface area contributed by atoms with Gasteiger partial charge in [0, 0.05) is 32.9 Å². The lowest BCUT2D eigenvalue weighted by atomic mass is 9.87. The minimum atomic E-state index is -1.64. The summed E-state index contributed by atoms with van der Waals surface area (Å²) in [7, 11) is -1.07. The molecule has 2 N–H and O–H groups in total. The lowest BCUT2D eigenvalue weighted by Gasteiger charge is -2.37. The van der Waals surface area contributed by atoms with Gasteiger partial charge < -0.3 is 24.8 Å². The topological polar surface area (TPSA) is 122 Å². The van der Waals surface area contributed by atoms with Gasteiger partial charge in [0.2, 0.25) is 12.2 Å². The molecule has 154 valence electrons. The predicted octanol–water partition coefficient (Wildman–Crippen LogP) is 1.62. The average Bonchev–Trinajstić information content (AvgIpc) is 2.60. The van der Waals surface area contributed by atoms with Crippen molar-refractivity contribution < 1.29 is 33.5 Å². The molecular formula is C17H30N2O7P+. The summed E-state index contributed by atoms with van der Waals surface area (Å²) in [6.07, 6.45) is -1.01. The van der Waals surface area contributed by atoms with Crippen LogP contribution >= 0.6 is 8.46 Å². The van der Waals surface area contributed by atoms with Crippen molar-refractivity contribution in [1.29, 1.82) is 0 Å². The molecule has 0 saturated carbocycles. The van der Waals surface area contributed by atoms with Crippen LogP contribution in [0.4, 0.5) is 4.79 Å². The quantitative estimate of drug-likeness (QED) is 0.375. The van der Waals surface area contributed by atoms with Crippen molar-refractivity contribution in [1.82, 2.24) is 10.2 Å². The lowest BCUT2D eigenvalue weighted by Crippen LogP contribution is -2.54. The number of hydrogen-bond acceptors (Lipinski definition) is 7. The van der Waals surface area contributed by atoms with Crippen molar-refractivity contribution in [3.05, 3.63) is 0 Å². The SMILES string of the molecule is CC(=O)N1CCC(C(O)([PH+]=O)C(C)NC(=O)OC(C)OC(=O)C(C)C)CC1. The van der Waals surface area contributed by atoms with Crippen LogP contribution in [0.5, 0.6) is 0 Å². The Balaban J connectivity index is 2.62. The molecule has 27 heavy (non-hydrogen) atoms. The van der Waals surface area contributed by atoms with Crippen LogP contribution in [0.1, 0.15) is 47.5 Å². The van der Waals surface area contributed by atoms with E-state index in [1.807, 2.05) is 0 Å². The molecule has 1 heterocycles. The van der Waals surface area contributed by atoms with Gasteiger partial charge in [-0.05, 0) is 19.8 Å². The molecule has 2 amide bonds. The Kier molecular flexibility index (Phi) is 8.62. The molecular weight excluding hydrogens is 375 g/mol. The van der Waals surface area contributed by atoms with E-state index in [9.17, 15) is 24.1 Å². The fraction of sp³-hybridized carbons (Fsp3) is 0.824. The van der Waals surface area contributed by atoms with Gasteiger partial charge in [0.25, 0.3) is 5.34 Å².